The maximum atomic E-state index is 10.7. The zero-order valence-electron chi connectivity index (χ0n) is 10.9. The van der Waals surface area contributed by atoms with Gasteiger partial charge in [-0.1, -0.05) is 30.3 Å². The molecular weight excluding hydrogens is 236 g/mol. The number of benzene rings is 1. The van der Waals surface area contributed by atoms with Gasteiger partial charge in [0.25, 0.3) is 0 Å². The van der Waals surface area contributed by atoms with E-state index in [4.69, 9.17) is 0 Å². The number of hydrogen-bond acceptors (Lipinski definition) is 3. The van der Waals surface area contributed by atoms with Gasteiger partial charge in [-0.15, -0.1) is 0 Å². The molecule has 98 valence electrons. The Hall–Kier alpha value is -1.74. The van der Waals surface area contributed by atoms with Crippen molar-refractivity contribution >= 4 is 0 Å². The second kappa shape index (κ2) is 5.10. The second-order valence-electron chi connectivity index (χ2n) is 5.34. The molecule has 1 heterocycles. The van der Waals surface area contributed by atoms with Crippen molar-refractivity contribution in [2.75, 3.05) is 0 Å². The second-order valence-corrected chi connectivity index (χ2v) is 5.34. The molecule has 1 aromatic heterocycles. The van der Waals surface area contributed by atoms with Gasteiger partial charge in [-0.25, -0.2) is 9.97 Å². The first-order chi connectivity index (χ1) is 9.28. The number of hydrogen-bond donors (Lipinski definition) is 1. The zero-order valence-corrected chi connectivity index (χ0v) is 10.9. The van der Waals surface area contributed by atoms with E-state index in [-0.39, 0.29) is 0 Å². The van der Waals surface area contributed by atoms with Crippen LogP contribution in [0.25, 0.3) is 0 Å². The average Bonchev–Trinajstić information content (AvgIpc) is 2.50. The van der Waals surface area contributed by atoms with Gasteiger partial charge in [0.2, 0.25) is 0 Å². The van der Waals surface area contributed by atoms with Crippen LogP contribution >= 0.6 is 0 Å². The van der Waals surface area contributed by atoms with Crippen molar-refractivity contribution in [1.29, 1.82) is 0 Å². The molecule has 0 unspecified atom stereocenters. The molecule has 1 saturated carbocycles. The first-order valence-corrected chi connectivity index (χ1v) is 6.81. The number of rotatable bonds is 2. The maximum Gasteiger partial charge on any atom is 0.115 e. The Balaban J connectivity index is 1.73. The number of nitrogens with zero attached hydrogens (tertiary/aromatic N) is 2. The summed E-state index contributed by atoms with van der Waals surface area (Å²) < 4.78 is 0. The van der Waals surface area contributed by atoms with E-state index >= 15 is 0 Å². The molecule has 19 heavy (non-hydrogen) atoms. The first kappa shape index (κ1) is 12.3. The molecule has 3 nitrogen and oxygen atoms in total. The molecule has 0 aliphatic heterocycles. The lowest BCUT2D eigenvalue weighted by Gasteiger charge is -2.36. The van der Waals surface area contributed by atoms with Crippen molar-refractivity contribution in [3.05, 3.63) is 60.2 Å². The van der Waals surface area contributed by atoms with Gasteiger partial charge in [-0.05, 0) is 37.2 Å². The minimum atomic E-state index is -0.744. The Morgan fingerprint density at radius 2 is 1.63 bits per heavy atom. The molecule has 1 fully saturated rings. The van der Waals surface area contributed by atoms with E-state index in [0.29, 0.717) is 5.92 Å². The molecule has 0 saturated heterocycles. The van der Waals surface area contributed by atoms with E-state index in [0.717, 1.165) is 31.2 Å². The smallest absolute Gasteiger partial charge is 0.115 e. The molecular formula is C16H18N2O. The fraction of sp³-hybridized carbons (Fsp3) is 0.375. The van der Waals surface area contributed by atoms with Crippen LogP contribution in [-0.2, 0) is 5.60 Å². The molecule has 0 spiro atoms. The van der Waals surface area contributed by atoms with Crippen molar-refractivity contribution in [3.8, 4) is 0 Å². The Labute approximate surface area is 113 Å². The first-order valence-electron chi connectivity index (χ1n) is 6.81. The van der Waals surface area contributed by atoms with E-state index in [2.05, 4.69) is 34.2 Å². The predicted octanol–water partition coefficient (Wildman–Crippen LogP) is 3.02. The van der Waals surface area contributed by atoms with Gasteiger partial charge in [0.15, 0.2) is 0 Å². The highest BCUT2D eigenvalue weighted by Crippen LogP contribution is 2.42. The van der Waals surface area contributed by atoms with Crippen LogP contribution < -0.4 is 0 Å². The third-order valence-electron chi connectivity index (χ3n) is 4.18. The number of aliphatic hydroxyl groups is 1. The molecule has 0 atom stereocenters. The topological polar surface area (TPSA) is 46.0 Å². The van der Waals surface area contributed by atoms with E-state index in [1.165, 1.54) is 11.9 Å². The van der Waals surface area contributed by atoms with Crippen LogP contribution in [0.3, 0.4) is 0 Å². The SMILES string of the molecule is OC1(c2cncnc2)CCC(c2ccccc2)CC1. The van der Waals surface area contributed by atoms with Gasteiger partial charge in [0.05, 0.1) is 5.60 Å². The largest absolute Gasteiger partial charge is 0.385 e. The summed E-state index contributed by atoms with van der Waals surface area (Å²) in [6.07, 6.45) is 8.54. The normalized spacial score (nSPS) is 27.1. The van der Waals surface area contributed by atoms with Crippen molar-refractivity contribution in [2.24, 2.45) is 0 Å². The molecule has 0 radical (unpaired) electrons. The van der Waals surface area contributed by atoms with Gasteiger partial charge in [0.1, 0.15) is 6.33 Å². The van der Waals surface area contributed by atoms with Crippen LogP contribution in [0, 0.1) is 0 Å². The lowest BCUT2D eigenvalue weighted by Crippen LogP contribution is -2.31. The molecule has 3 heteroatoms. The Bertz CT molecular complexity index is 519. The Morgan fingerprint density at radius 1 is 1.00 bits per heavy atom. The van der Waals surface area contributed by atoms with Crippen molar-refractivity contribution in [2.45, 2.75) is 37.2 Å². The van der Waals surface area contributed by atoms with Crippen LogP contribution in [0.4, 0.5) is 0 Å². The van der Waals surface area contributed by atoms with Crippen LogP contribution in [-0.4, -0.2) is 15.1 Å². The van der Waals surface area contributed by atoms with Crippen LogP contribution in [0.2, 0.25) is 0 Å². The summed E-state index contributed by atoms with van der Waals surface area (Å²) >= 11 is 0. The van der Waals surface area contributed by atoms with E-state index in [9.17, 15) is 5.11 Å². The number of aromatic nitrogens is 2. The molecule has 3 rings (SSSR count). The highest BCUT2D eigenvalue weighted by molar-refractivity contribution is 5.22. The van der Waals surface area contributed by atoms with Crippen LogP contribution in [0.5, 0.6) is 0 Å². The molecule has 1 aliphatic carbocycles. The summed E-state index contributed by atoms with van der Waals surface area (Å²) in [6, 6.07) is 10.6. The highest BCUT2D eigenvalue weighted by Gasteiger charge is 2.35. The fourth-order valence-corrected chi connectivity index (χ4v) is 2.98. The van der Waals surface area contributed by atoms with Gasteiger partial charge in [-0.3, -0.25) is 0 Å². The van der Waals surface area contributed by atoms with E-state index in [1.807, 2.05) is 6.07 Å². The van der Waals surface area contributed by atoms with Crippen molar-refractivity contribution in [3.63, 3.8) is 0 Å². The lowest BCUT2D eigenvalue weighted by molar-refractivity contribution is -0.00627. The van der Waals surface area contributed by atoms with Crippen LogP contribution in [0.1, 0.15) is 42.7 Å². The summed E-state index contributed by atoms with van der Waals surface area (Å²) in [5.41, 5.74) is 1.49. The third kappa shape index (κ3) is 2.51. The Morgan fingerprint density at radius 3 is 2.26 bits per heavy atom. The van der Waals surface area contributed by atoms with Gasteiger partial charge < -0.3 is 5.11 Å². The highest BCUT2D eigenvalue weighted by atomic mass is 16.3. The predicted molar refractivity (Wildman–Crippen MR) is 73.6 cm³/mol. The average molecular weight is 254 g/mol. The minimum Gasteiger partial charge on any atom is -0.385 e. The summed E-state index contributed by atoms with van der Waals surface area (Å²) in [4.78, 5) is 8.02. The Kier molecular flexibility index (Phi) is 3.30. The molecule has 1 aromatic carbocycles. The maximum absolute atomic E-state index is 10.7. The standard InChI is InChI=1S/C16H18N2O/c19-16(15-10-17-12-18-11-15)8-6-14(7-9-16)13-4-2-1-3-5-13/h1-5,10-12,14,19H,6-9H2. The quantitative estimate of drug-likeness (QED) is 0.896. The zero-order chi connectivity index (χ0) is 13.1. The molecule has 1 N–H and O–H groups in total. The van der Waals surface area contributed by atoms with Crippen molar-refractivity contribution < 1.29 is 5.11 Å². The summed E-state index contributed by atoms with van der Waals surface area (Å²) in [5.74, 6) is 0.561. The molecule has 2 aromatic rings. The lowest BCUT2D eigenvalue weighted by atomic mass is 9.74. The molecule has 1 aliphatic rings. The van der Waals surface area contributed by atoms with Gasteiger partial charge in [-0.2, -0.15) is 0 Å². The van der Waals surface area contributed by atoms with E-state index in [1.54, 1.807) is 12.4 Å². The monoisotopic (exact) mass is 254 g/mol. The minimum absolute atomic E-state index is 0.561. The van der Waals surface area contributed by atoms with Gasteiger partial charge >= 0.3 is 0 Å². The summed E-state index contributed by atoms with van der Waals surface area (Å²) in [7, 11) is 0. The van der Waals surface area contributed by atoms with Crippen molar-refractivity contribution in [1.82, 2.24) is 9.97 Å². The molecule has 0 amide bonds. The summed E-state index contributed by atoms with van der Waals surface area (Å²) in [5, 5.41) is 10.7. The van der Waals surface area contributed by atoms with Gasteiger partial charge in [0, 0.05) is 18.0 Å². The summed E-state index contributed by atoms with van der Waals surface area (Å²) in [6.45, 7) is 0. The third-order valence-corrected chi connectivity index (χ3v) is 4.18. The van der Waals surface area contributed by atoms with E-state index < -0.39 is 5.60 Å². The fourth-order valence-electron chi connectivity index (χ4n) is 2.98. The molecule has 0 bridgehead atoms. The van der Waals surface area contributed by atoms with Crippen LogP contribution in [0.15, 0.2) is 49.1 Å².